The van der Waals surface area contributed by atoms with Crippen molar-refractivity contribution in [2.24, 2.45) is 34.5 Å². The molecule has 4 rings (SSSR count). The molecule has 3 heteroatoms. The summed E-state index contributed by atoms with van der Waals surface area (Å²) in [6.45, 7) is 8.83. The zero-order valence-electron chi connectivity index (χ0n) is 19.0. The maximum Gasteiger partial charge on any atom is 0.306 e. The van der Waals surface area contributed by atoms with E-state index in [2.05, 4.69) is 26.8 Å². The van der Waals surface area contributed by atoms with Crippen LogP contribution in [0.2, 0.25) is 0 Å². The van der Waals surface area contributed by atoms with Crippen LogP contribution in [0.25, 0.3) is 0 Å². The van der Waals surface area contributed by atoms with Crippen molar-refractivity contribution < 1.29 is 14.3 Å². The van der Waals surface area contributed by atoms with Gasteiger partial charge in [-0.05, 0) is 86.9 Å². The maximum absolute atomic E-state index is 12.3. The molecule has 0 amide bonds. The third-order valence-corrected chi connectivity index (χ3v) is 9.58. The summed E-state index contributed by atoms with van der Waals surface area (Å²) in [6.07, 6.45) is 14.2. The maximum atomic E-state index is 12.3. The van der Waals surface area contributed by atoms with Crippen molar-refractivity contribution >= 4 is 11.8 Å². The topological polar surface area (TPSA) is 43.4 Å². The van der Waals surface area contributed by atoms with Gasteiger partial charge >= 0.3 is 5.97 Å². The first-order valence-electron chi connectivity index (χ1n) is 12.2. The second-order valence-corrected chi connectivity index (χ2v) is 11.0. The molecule has 0 aromatic heterocycles. The van der Waals surface area contributed by atoms with E-state index in [-0.39, 0.29) is 28.8 Å². The largest absolute Gasteiger partial charge is 0.462 e. The molecule has 0 aromatic carbocycles. The number of carbonyl (C=O) groups is 2. The molecule has 7 atom stereocenters. The van der Waals surface area contributed by atoms with Gasteiger partial charge in [-0.2, -0.15) is 0 Å². The first kappa shape index (κ1) is 21.1. The van der Waals surface area contributed by atoms with Gasteiger partial charge in [0.05, 0.1) is 0 Å². The van der Waals surface area contributed by atoms with Gasteiger partial charge in [-0.15, -0.1) is 0 Å². The predicted molar refractivity (Wildman–Crippen MR) is 115 cm³/mol. The zero-order valence-corrected chi connectivity index (χ0v) is 19.0. The Kier molecular flexibility index (Phi) is 5.72. The number of ether oxygens (including phenoxy) is 1. The van der Waals surface area contributed by atoms with E-state index in [0.29, 0.717) is 18.1 Å². The first-order chi connectivity index (χ1) is 13.8. The van der Waals surface area contributed by atoms with Gasteiger partial charge in [0.25, 0.3) is 0 Å². The van der Waals surface area contributed by atoms with Gasteiger partial charge in [-0.3, -0.25) is 9.59 Å². The Balaban J connectivity index is 1.48. The summed E-state index contributed by atoms with van der Waals surface area (Å²) in [4.78, 5) is 24.4. The highest BCUT2D eigenvalue weighted by Gasteiger charge is 2.59. The SMILES string of the molecule is CCCCC(=O)O[C@H]1CC[C@@]2(C)C(=CC[C@H]3[C@@H]4CC[C@H](C(C)=O)[C@@]4(C)CC[C@@H]32)C1. The van der Waals surface area contributed by atoms with Gasteiger partial charge in [0.15, 0.2) is 0 Å². The number of hydrogen-bond acceptors (Lipinski definition) is 3. The lowest BCUT2D eigenvalue weighted by atomic mass is 9.47. The number of carbonyl (C=O) groups excluding carboxylic acids is 2. The predicted octanol–water partition coefficient (Wildman–Crippen LogP) is 6.26. The molecule has 3 fully saturated rings. The number of hydrogen-bond donors (Lipinski definition) is 0. The molecular weight excluding hydrogens is 360 g/mol. The van der Waals surface area contributed by atoms with Crippen LogP contribution in [0.5, 0.6) is 0 Å². The van der Waals surface area contributed by atoms with Crippen LogP contribution in [0.1, 0.15) is 98.3 Å². The van der Waals surface area contributed by atoms with Gasteiger partial charge in [-0.25, -0.2) is 0 Å². The molecule has 0 N–H and O–H groups in total. The van der Waals surface area contributed by atoms with Crippen molar-refractivity contribution in [1.82, 2.24) is 0 Å². The van der Waals surface area contributed by atoms with E-state index in [1.165, 1.54) is 19.3 Å². The normalized spacial score (nSPS) is 43.6. The molecular formula is C26H40O3. The summed E-state index contributed by atoms with van der Waals surface area (Å²) in [7, 11) is 0. The van der Waals surface area contributed by atoms with Gasteiger partial charge in [-0.1, -0.05) is 38.8 Å². The number of rotatable bonds is 5. The molecule has 162 valence electrons. The average Bonchev–Trinajstić information content (AvgIpc) is 3.04. The minimum atomic E-state index is -0.00981. The molecule has 0 saturated heterocycles. The summed E-state index contributed by atoms with van der Waals surface area (Å²) < 4.78 is 5.83. The molecule has 0 heterocycles. The van der Waals surface area contributed by atoms with E-state index >= 15 is 0 Å². The van der Waals surface area contributed by atoms with Gasteiger partial charge in [0, 0.05) is 18.8 Å². The number of ketones is 1. The monoisotopic (exact) mass is 400 g/mol. The van der Waals surface area contributed by atoms with E-state index in [1.54, 1.807) is 5.57 Å². The molecule has 29 heavy (non-hydrogen) atoms. The summed E-state index contributed by atoms with van der Waals surface area (Å²) in [5.41, 5.74) is 2.05. The summed E-state index contributed by atoms with van der Waals surface area (Å²) in [5.74, 6) is 2.86. The van der Waals surface area contributed by atoms with E-state index in [0.717, 1.165) is 56.8 Å². The third kappa shape index (κ3) is 3.51. The number of esters is 1. The van der Waals surface area contributed by atoms with E-state index in [4.69, 9.17) is 4.74 Å². The Morgan fingerprint density at radius 3 is 2.62 bits per heavy atom. The average molecular weight is 401 g/mol. The quantitative estimate of drug-likeness (QED) is 0.404. The Hall–Kier alpha value is -1.12. The van der Waals surface area contributed by atoms with Crippen LogP contribution >= 0.6 is 0 Å². The Morgan fingerprint density at radius 1 is 1.10 bits per heavy atom. The van der Waals surface area contributed by atoms with E-state index < -0.39 is 0 Å². The second kappa shape index (κ2) is 7.85. The summed E-state index contributed by atoms with van der Waals surface area (Å²) in [6, 6.07) is 0. The highest BCUT2D eigenvalue weighted by atomic mass is 16.5. The molecule has 0 aromatic rings. The Labute approximate surface area is 177 Å². The molecule has 3 saturated carbocycles. The highest BCUT2D eigenvalue weighted by molar-refractivity contribution is 5.79. The fraction of sp³-hybridized carbons (Fsp3) is 0.846. The fourth-order valence-electron chi connectivity index (χ4n) is 7.96. The van der Waals surface area contributed by atoms with Crippen LogP contribution in [-0.2, 0) is 14.3 Å². The minimum Gasteiger partial charge on any atom is -0.462 e. The van der Waals surface area contributed by atoms with E-state index in [1.807, 2.05) is 6.92 Å². The number of fused-ring (bicyclic) bond motifs is 5. The molecule has 4 aliphatic carbocycles. The third-order valence-electron chi connectivity index (χ3n) is 9.58. The van der Waals surface area contributed by atoms with Gasteiger partial charge in [0.2, 0.25) is 0 Å². The lowest BCUT2D eigenvalue weighted by molar-refractivity contribution is -0.151. The number of unbranched alkanes of at least 4 members (excludes halogenated alkanes) is 1. The lowest BCUT2D eigenvalue weighted by Gasteiger charge is -2.58. The van der Waals surface area contributed by atoms with Crippen LogP contribution in [0.3, 0.4) is 0 Å². The fourth-order valence-corrected chi connectivity index (χ4v) is 7.96. The first-order valence-corrected chi connectivity index (χ1v) is 12.2. The van der Waals surface area contributed by atoms with Crippen molar-refractivity contribution in [3.63, 3.8) is 0 Å². The second-order valence-electron chi connectivity index (χ2n) is 11.0. The van der Waals surface area contributed by atoms with Crippen molar-refractivity contribution in [3.05, 3.63) is 11.6 Å². The molecule has 3 nitrogen and oxygen atoms in total. The van der Waals surface area contributed by atoms with Crippen LogP contribution < -0.4 is 0 Å². The lowest BCUT2D eigenvalue weighted by Crippen LogP contribution is -2.51. The van der Waals surface area contributed by atoms with Gasteiger partial charge in [0.1, 0.15) is 11.9 Å². The van der Waals surface area contributed by atoms with Crippen molar-refractivity contribution in [2.75, 3.05) is 0 Å². The Morgan fingerprint density at radius 2 is 1.90 bits per heavy atom. The van der Waals surface area contributed by atoms with Crippen LogP contribution in [0.15, 0.2) is 11.6 Å². The summed E-state index contributed by atoms with van der Waals surface area (Å²) in [5, 5.41) is 0. The molecule has 0 spiro atoms. The molecule has 0 aliphatic heterocycles. The van der Waals surface area contributed by atoms with Crippen LogP contribution in [0.4, 0.5) is 0 Å². The minimum absolute atomic E-state index is 0.00981. The molecule has 0 bridgehead atoms. The van der Waals surface area contributed by atoms with Crippen LogP contribution in [0, 0.1) is 34.5 Å². The molecule has 4 aliphatic rings. The standard InChI is InChI=1S/C26H40O3/c1-5-6-7-24(28)29-19-12-14-25(3)18(16-19)8-9-20-22-11-10-21(17(2)27)26(22,4)15-13-23(20)25/h8,19-23H,5-7,9-16H2,1-4H3/t19-,20-,21+,22-,23-,25-,26+/m0/s1. The van der Waals surface area contributed by atoms with Crippen LogP contribution in [-0.4, -0.2) is 17.9 Å². The van der Waals surface area contributed by atoms with Crippen molar-refractivity contribution in [1.29, 1.82) is 0 Å². The highest BCUT2D eigenvalue weighted by Crippen LogP contribution is 2.66. The van der Waals surface area contributed by atoms with Crippen molar-refractivity contribution in [2.45, 2.75) is 104 Å². The smallest absolute Gasteiger partial charge is 0.306 e. The number of Topliss-reactive ketones (excluding diaryl/α,β-unsaturated/α-hetero) is 1. The zero-order chi connectivity index (χ0) is 20.8. The Bertz CT molecular complexity index is 694. The molecule has 0 radical (unpaired) electrons. The summed E-state index contributed by atoms with van der Waals surface area (Å²) >= 11 is 0. The van der Waals surface area contributed by atoms with Gasteiger partial charge < -0.3 is 4.74 Å². The van der Waals surface area contributed by atoms with E-state index in [9.17, 15) is 9.59 Å². The molecule has 0 unspecified atom stereocenters. The van der Waals surface area contributed by atoms with Crippen molar-refractivity contribution in [3.8, 4) is 0 Å². The number of allylic oxidation sites excluding steroid dienone is 1.